The van der Waals surface area contributed by atoms with Gasteiger partial charge in [-0.15, -0.1) is 0 Å². The summed E-state index contributed by atoms with van der Waals surface area (Å²) in [5.41, 5.74) is 4.20. The monoisotopic (exact) mass is 412 g/mol. The number of aryl methyl sites for hydroxylation is 1. The number of aliphatic hydroxyl groups is 1. The van der Waals surface area contributed by atoms with Gasteiger partial charge in [-0.05, 0) is 62.7 Å². The molecule has 1 aromatic heterocycles. The van der Waals surface area contributed by atoms with E-state index in [2.05, 4.69) is 10.3 Å². The summed E-state index contributed by atoms with van der Waals surface area (Å²) in [6.07, 6.45) is 0. The summed E-state index contributed by atoms with van der Waals surface area (Å²) < 4.78 is 11.8. The van der Waals surface area contributed by atoms with Gasteiger partial charge in [-0.1, -0.05) is 29.7 Å². The smallest absolute Gasteiger partial charge is 0.227 e. The van der Waals surface area contributed by atoms with Crippen molar-refractivity contribution in [3.8, 4) is 17.2 Å². The van der Waals surface area contributed by atoms with Crippen LogP contribution < -0.4 is 15.5 Å². The Bertz CT molecular complexity index is 1190. The van der Waals surface area contributed by atoms with Crippen molar-refractivity contribution in [2.75, 3.05) is 18.5 Å². The Morgan fingerprint density at radius 2 is 1.84 bits per heavy atom. The number of benzene rings is 3. The molecule has 6 heteroatoms. The van der Waals surface area contributed by atoms with Crippen LogP contribution in [-0.2, 0) is 5.60 Å². The minimum absolute atomic E-state index is 0.487. The third-order valence-electron chi connectivity index (χ3n) is 5.09. The van der Waals surface area contributed by atoms with Gasteiger partial charge in [-0.25, -0.2) is 4.98 Å². The predicted molar refractivity (Wildman–Crippen MR) is 125 cm³/mol. The quantitative estimate of drug-likeness (QED) is 0.350. The summed E-state index contributed by atoms with van der Waals surface area (Å²) >= 11 is 0. The molecular formula is C25H25BN2O3. The lowest BCUT2D eigenvalue weighted by Crippen LogP contribution is -2.18. The van der Waals surface area contributed by atoms with E-state index in [-0.39, 0.29) is 0 Å². The Kier molecular flexibility index (Phi) is 5.74. The van der Waals surface area contributed by atoms with E-state index in [1.807, 2.05) is 55.5 Å². The molecule has 3 aromatic carbocycles. The first-order valence-corrected chi connectivity index (χ1v) is 10.3. The Morgan fingerprint density at radius 1 is 1.10 bits per heavy atom. The van der Waals surface area contributed by atoms with E-state index in [1.54, 1.807) is 26.0 Å². The third kappa shape index (κ3) is 4.75. The van der Waals surface area contributed by atoms with Crippen molar-refractivity contribution in [1.29, 1.82) is 0 Å². The number of para-hydroxylation sites is 1. The second kappa shape index (κ2) is 8.48. The van der Waals surface area contributed by atoms with Crippen LogP contribution in [0.3, 0.4) is 0 Å². The van der Waals surface area contributed by atoms with Gasteiger partial charge in [-0.3, -0.25) is 0 Å². The summed E-state index contributed by atoms with van der Waals surface area (Å²) in [7, 11) is 5.98. The SMILES string of the molecule is [B]c1cc(C(C)(C)O)c2oc(-c3ccc(NCCOc4ccccc4C)cc3)nc2c1. The van der Waals surface area contributed by atoms with E-state index in [9.17, 15) is 5.11 Å². The van der Waals surface area contributed by atoms with Crippen LogP contribution in [0.15, 0.2) is 65.1 Å². The van der Waals surface area contributed by atoms with Crippen molar-refractivity contribution in [2.45, 2.75) is 26.4 Å². The zero-order chi connectivity index (χ0) is 22.0. The molecule has 156 valence electrons. The lowest BCUT2D eigenvalue weighted by atomic mass is 9.88. The molecule has 0 atom stereocenters. The van der Waals surface area contributed by atoms with Crippen molar-refractivity contribution in [3.05, 3.63) is 71.8 Å². The number of ether oxygens (including phenoxy) is 1. The molecule has 0 unspecified atom stereocenters. The van der Waals surface area contributed by atoms with Gasteiger partial charge in [0, 0.05) is 23.4 Å². The summed E-state index contributed by atoms with van der Waals surface area (Å²) in [5.74, 6) is 1.39. The van der Waals surface area contributed by atoms with Crippen LogP contribution in [0, 0.1) is 6.92 Å². The average Bonchev–Trinajstić information content (AvgIpc) is 3.15. The summed E-state index contributed by atoms with van der Waals surface area (Å²) in [6.45, 7) is 6.69. The van der Waals surface area contributed by atoms with E-state index < -0.39 is 5.60 Å². The van der Waals surface area contributed by atoms with Gasteiger partial charge in [0.25, 0.3) is 0 Å². The summed E-state index contributed by atoms with van der Waals surface area (Å²) in [5, 5.41) is 13.8. The largest absolute Gasteiger partial charge is 0.491 e. The molecule has 4 rings (SSSR count). The number of anilines is 1. The predicted octanol–water partition coefficient (Wildman–Crippen LogP) is 4.32. The molecule has 0 aliphatic heterocycles. The topological polar surface area (TPSA) is 67.5 Å². The van der Waals surface area contributed by atoms with Gasteiger partial charge in [0.05, 0.1) is 5.60 Å². The maximum absolute atomic E-state index is 10.5. The van der Waals surface area contributed by atoms with Crippen LogP contribution in [0.1, 0.15) is 25.0 Å². The zero-order valence-electron chi connectivity index (χ0n) is 18.0. The van der Waals surface area contributed by atoms with Gasteiger partial charge in [-0.2, -0.15) is 0 Å². The van der Waals surface area contributed by atoms with Crippen LogP contribution in [0.2, 0.25) is 0 Å². The van der Waals surface area contributed by atoms with Gasteiger partial charge in [0.2, 0.25) is 5.89 Å². The number of hydrogen-bond acceptors (Lipinski definition) is 5. The van der Waals surface area contributed by atoms with Crippen LogP contribution in [0.25, 0.3) is 22.6 Å². The van der Waals surface area contributed by atoms with Gasteiger partial charge in [0.1, 0.15) is 25.7 Å². The molecular weight excluding hydrogens is 387 g/mol. The molecule has 31 heavy (non-hydrogen) atoms. The first-order chi connectivity index (χ1) is 14.8. The highest BCUT2D eigenvalue weighted by Gasteiger charge is 2.23. The first kappa shape index (κ1) is 21.0. The number of hydrogen-bond donors (Lipinski definition) is 2. The minimum Gasteiger partial charge on any atom is -0.491 e. The number of fused-ring (bicyclic) bond motifs is 1. The molecule has 5 nitrogen and oxygen atoms in total. The summed E-state index contributed by atoms with van der Waals surface area (Å²) in [4.78, 5) is 4.57. The molecule has 0 amide bonds. The Morgan fingerprint density at radius 3 is 2.55 bits per heavy atom. The molecule has 4 aromatic rings. The van der Waals surface area contributed by atoms with Crippen LogP contribution in [0.4, 0.5) is 5.69 Å². The molecule has 1 heterocycles. The molecule has 0 saturated heterocycles. The second-order valence-corrected chi connectivity index (χ2v) is 8.11. The Hall–Kier alpha value is -3.25. The number of rotatable bonds is 7. The van der Waals surface area contributed by atoms with Crippen LogP contribution in [0.5, 0.6) is 5.75 Å². The van der Waals surface area contributed by atoms with Crippen LogP contribution in [-0.4, -0.2) is 31.1 Å². The van der Waals surface area contributed by atoms with Crippen molar-refractivity contribution in [3.63, 3.8) is 0 Å². The highest BCUT2D eigenvalue weighted by Crippen LogP contribution is 2.31. The van der Waals surface area contributed by atoms with E-state index in [4.69, 9.17) is 17.0 Å². The fourth-order valence-electron chi connectivity index (χ4n) is 3.44. The molecule has 0 saturated carbocycles. The maximum Gasteiger partial charge on any atom is 0.227 e. The lowest BCUT2D eigenvalue weighted by Gasteiger charge is -2.18. The zero-order valence-corrected chi connectivity index (χ0v) is 18.0. The molecule has 0 fully saturated rings. The van der Waals surface area contributed by atoms with Crippen molar-refractivity contribution >= 4 is 30.1 Å². The van der Waals surface area contributed by atoms with Gasteiger partial charge in [0.15, 0.2) is 5.58 Å². The van der Waals surface area contributed by atoms with Crippen molar-refractivity contribution < 1.29 is 14.3 Å². The fourth-order valence-corrected chi connectivity index (χ4v) is 3.44. The van der Waals surface area contributed by atoms with Gasteiger partial charge >= 0.3 is 0 Å². The fraction of sp³-hybridized carbons (Fsp3) is 0.240. The highest BCUT2D eigenvalue weighted by atomic mass is 16.5. The Labute approximate surface area is 183 Å². The van der Waals surface area contributed by atoms with E-state index in [0.29, 0.717) is 41.2 Å². The van der Waals surface area contributed by atoms with Crippen LogP contribution >= 0.6 is 0 Å². The number of nitrogens with zero attached hydrogens (tertiary/aromatic N) is 1. The number of aromatic nitrogens is 1. The second-order valence-electron chi connectivity index (χ2n) is 8.11. The number of oxazole rings is 1. The van der Waals surface area contributed by atoms with Crippen molar-refractivity contribution in [2.24, 2.45) is 0 Å². The van der Waals surface area contributed by atoms with Crippen molar-refractivity contribution in [1.82, 2.24) is 4.98 Å². The maximum atomic E-state index is 10.5. The average molecular weight is 412 g/mol. The minimum atomic E-state index is -1.08. The van der Waals surface area contributed by atoms with E-state index >= 15 is 0 Å². The standard InChI is InChI=1S/C25H25BN2O3/c1-16-6-4-5-7-22(16)30-13-12-27-19-10-8-17(9-11-19)24-28-21-15-18(26)14-20(23(21)31-24)25(2,3)29/h4-11,14-15,27,29H,12-13H2,1-3H3. The molecule has 0 aliphatic carbocycles. The third-order valence-corrected chi connectivity index (χ3v) is 5.09. The molecule has 0 spiro atoms. The van der Waals surface area contributed by atoms with E-state index in [0.717, 1.165) is 22.6 Å². The molecule has 0 aliphatic rings. The van der Waals surface area contributed by atoms with Gasteiger partial charge < -0.3 is 19.6 Å². The molecule has 2 radical (unpaired) electrons. The molecule has 0 bridgehead atoms. The first-order valence-electron chi connectivity index (χ1n) is 10.3. The Balaban J connectivity index is 1.44. The highest BCUT2D eigenvalue weighted by molar-refractivity contribution is 6.33. The van der Waals surface area contributed by atoms with E-state index in [1.165, 1.54) is 0 Å². The summed E-state index contributed by atoms with van der Waals surface area (Å²) in [6, 6.07) is 19.3. The lowest BCUT2D eigenvalue weighted by molar-refractivity contribution is 0.0793. The molecule has 2 N–H and O–H groups in total. The normalized spacial score (nSPS) is 11.6. The number of nitrogens with one attached hydrogen (secondary N) is 1.